The van der Waals surface area contributed by atoms with E-state index in [-0.39, 0.29) is 12.1 Å². The molecule has 1 unspecified atom stereocenters. The van der Waals surface area contributed by atoms with Crippen LogP contribution in [-0.4, -0.2) is 12.1 Å². The van der Waals surface area contributed by atoms with Crippen LogP contribution in [0.4, 0.5) is 5.69 Å². The van der Waals surface area contributed by atoms with Crippen LogP contribution in [0.1, 0.15) is 51.1 Å². The topological polar surface area (TPSA) is 38.3 Å². The van der Waals surface area contributed by atoms with E-state index < -0.39 is 6.04 Å². The molecule has 3 heteroatoms. The second kappa shape index (κ2) is 9.76. The highest BCUT2D eigenvalue weighted by Gasteiger charge is 2.24. The Balaban J connectivity index is 2.17. The van der Waals surface area contributed by atoms with E-state index in [2.05, 4.69) is 19.2 Å². The van der Waals surface area contributed by atoms with Gasteiger partial charge in [-0.15, -0.1) is 0 Å². The predicted molar refractivity (Wildman–Crippen MR) is 98.9 cm³/mol. The lowest BCUT2D eigenvalue weighted by Crippen LogP contribution is -2.27. The molecule has 0 saturated heterocycles. The van der Waals surface area contributed by atoms with Gasteiger partial charge >= 0.3 is 5.97 Å². The maximum absolute atomic E-state index is 12.8. The monoisotopic (exact) mass is 325 g/mol. The molecule has 0 aliphatic carbocycles. The van der Waals surface area contributed by atoms with Gasteiger partial charge in [0.05, 0.1) is 0 Å². The summed E-state index contributed by atoms with van der Waals surface area (Å²) in [4.78, 5) is 12.8. The molecule has 2 aromatic carbocycles. The zero-order valence-corrected chi connectivity index (χ0v) is 14.6. The minimum absolute atomic E-state index is 0.00344. The highest BCUT2D eigenvalue weighted by molar-refractivity contribution is 5.81. The maximum atomic E-state index is 12.8. The van der Waals surface area contributed by atoms with Gasteiger partial charge in [-0.05, 0) is 30.5 Å². The summed E-state index contributed by atoms with van der Waals surface area (Å²) in [5, 5.41) is 3.31. The molecule has 0 heterocycles. The number of hydrogen-bond donors (Lipinski definition) is 1. The Kier molecular flexibility index (Phi) is 7.34. The van der Waals surface area contributed by atoms with E-state index in [1.807, 2.05) is 60.7 Å². The molecule has 2 aromatic rings. The van der Waals surface area contributed by atoms with Gasteiger partial charge in [-0.25, -0.2) is 4.79 Å². The molecule has 24 heavy (non-hydrogen) atoms. The van der Waals surface area contributed by atoms with E-state index in [0.29, 0.717) is 0 Å². The molecule has 0 spiro atoms. The Bertz CT molecular complexity index is 592. The minimum atomic E-state index is -0.496. The highest BCUT2D eigenvalue weighted by atomic mass is 16.5. The zero-order chi connectivity index (χ0) is 17.2. The molecule has 0 aliphatic rings. The van der Waals surface area contributed by atoms with Crippen molar-refractivity contribution in [1.29, 1.82) is 0 Å². The number of nitrogens with one attached hydrogen (secondary N) is 1. The quantitative estimate of drug-likeness (QED) is 0.631. The molecular weight excluding hydrogens is 298 g/mol. The Labute approximate surface area is 145 Å². The van der Waals surface area contributed by atoms with Crippen LogP contribution in [0.25, 0.3) is 0 Å². The first-order chi connectivity index (χ1) is 11.7. The van der Waals surface area contributed by atoms with Crippen LogP contribution in [0, 0.1) is 0 Å². The van der Waals surface area contributed by atoms with Gasteiger partial charge in [-0.3, -0.25) is 0 Å². The van der Waals surface area contributed by atoms with Crippen molar-refractivity contribution in [2.45, 2.75) is 51.7 Å². The number of carbonyl (C=O) groups is 1. The smallest absolute Gasteiger partial charge is 0.333 e. The fourth-order valence-corrected chi connectivity index (χ4v) is 2.76. The van der Waals surface area contributed by atoms with E-state index in [9.17, 15) is 4.79 Å². The van der Waals surface area contributed by atoms with Crippen molar-refractivity contribution in [3.63, 3.8) is 0 Å². The number of carbonyl (C=O) groups excluding carboxylic acids is 1. The summed E-state index contributed by atoms with van der Waals surface area (Å²) in [6.07, 6.45) is 3.84. The van der Waals surface area contributed by atoms with Crippen molar-refractivity contribution in [3.05, 3.63) is 66.2 Å². The van der Waals surface area contributed by atoms with E-state index in [1.54, 1.807) is 0 Å². The van der Waals surface area contributed by atoms with Crippen LogP contribution >= 0.6 is 0 Å². The van der Waals surface area contributed by atoms with E-state index in [0.717, 1.165) is 36.9 Å². The zero-order valence-electron chi connectivity index (χ0n) is 14.6. The number of ether oxygens (including phenoxy) is 1. The molecule has 0 saturated carbocycles. The van der Waals surface area contributed by atoms with E-state index in [1.165, 1.54) is 0 Å². The summed E-state index contributed by atoms with van der Waals surface area (Å²) in [7, 11) is 0. The van der Waals surface area contributed by atoms with Crippen LogP contribution in [0.2, 0.25) is 0 Å². The van der Waals surface area contributed by atoms with Crippen LogP contribution in [-0.2, 0) is 9.53 Å². The van der Waals surface area contributed by atoms with Gasteiger partial charge in [0, 0.05) is 5.69 Å². The second-order valence-electron chi connectivity index (χ2n) is 5.99. The molecule has 0 radical (unpaired) electrons. The van der Waals surface area contributed by atoms with Crippen molar-refractivity contribution < 1.29 is 9.53 Å². The van der Waals surface area contributed by atoms with Crippen LogP contribution in [0.3, 0.4) is 0 Å². The molecule has 1 N–H and O–H groups in total. The Morgan fingerprint density at radius 3 is 2.00 bits per heavy atom. The summed E-state index contributed by atoms with van der Waals surface area (Å²) in [5.74, 6) is -0.211. The lowest BCUT2D eigenvalue weighted by Gasteiger charge is -2.23. The summed E-state index contributed by atoms with van der Waals surface area (Å²) in [6, 6.07) is 19.0. The highest BCUT2D eigenvalue weighted by Crippen LogP contribution is 2.23. The fourth-order valence-electron chi connectivity index (χ4n) is 2.76. The summed E-state index contributed by atoms with van der Waals surface area (Å²) >= 11 is 0. The first-order valence-corrected chi connectivity index (χ1v) is 8.81. The average molecular weight is 325 g/mol. The van der Waals surface area contributed by atoms with Crippen molar-refractivity contribution in [2.24, 2.45) is 0 Å². The number of hydrogen-bond acceptors (Lipinski definition) is 3. The van der Waals surface area contributed by atoms with Gasteiger partial charge < -0.3 is 10.1 Å². The molecular formula is C21H27NO2. The van der Waals surface area contributed by atoms with Gasteiger partial charge in [-0.1, -0.05) is 75.2 Å². The lowest BCUT2D eigenvalue weighted by molar-refractivity contribution is -0.150. The number of rotatable bonds is 9. The molecule has 0 aromatic heterocycles. The number of esters is 1. The number of benzene rings is 2. The van der Waals surface area contributed by atoms with Crippen molar-refractivity contribution in [2.75, 3.05) is 5.32 Å². The molecule has 2 rings (SSSR count). The molecule has 3 nitrogen and oxygen atoms in total. The third-order valence-electron chi connectivity index (χ3n) is 3.96. The number of para-hydroxylation sites is 1. The molecule has 0 amide bonds. The molecule has 128 valence electrons. The second-order valence-corrected chi connectivity index (χ2v) is 5.99. The summed E-state index contributed by atoms with van der Waals surface area (Å²) < 4.78 is 5.82. The standard InChI is InChI=1S/C21H27NO2/c1-3-11-19(12-4-2)24-21(23)20(17-13-7-5-8-14-17)22-18-15-9-6-10-16-18/h5-10,13-16,19-20,22H,3-4,11-12H2,1-2H3. The van der Waals surface area contributed by atoms with Crippen LogP contribution < -0.4 is 5.32 Å². The van der Waals surface area contributed by atoms with Crippen molar-refractivity contribution >= 4 is 11.7 Å². The summed E-state index contributed by atoms with van der Waals surface area (Å²) in [6.45, 7) is 4.24. The van der Waals surface area contributed by atoms with E-state index >= 15 is 0 Å². The Hall–Kier alpha value is -2.29. The fraction of sp³-hybridized carbons (Fsp3) is 0.381. The van der Waals surface area contributed by atoms with Crippen molar-refractivity contribution in [1.82, 2.24) is 0 Å². The third-order valence-corrected chi connectivity index (χ3v) is 3.96. The SMILES string of the molecule is CCCC(CCC)OC(=O)C(Nc1ccccc1)c1ccccc1. The molecule has 1 atom stereocenters. The Morgan fingerprint density at radius 1 is 0.917 bits per heavy atom. The first-order valence-electron chi connectivity index (χ1n) is 8.81. The van der Waals surface area contributed by atoms with Gasteiger partial charge in [0.15, 0.2) is 6.04 Å². The normalized spacial score (nSPS) is 12.0. The van der Waals surface area contributed by atoms with E-state index in [4.69, 9.17) is 4.74 Å². The van der Waals surface area contributed by atoms with Crippen LogP contribution in [0.5, 0.6) is 0 Å². The van der Waals surface area contributed by atoms with Crippen molar-refractivity contribution in [3.8, 4) is 0 Å². The number of anilines is 1. The van der Waals surface area contributed by atoms with Gasteiger partial charge in [0.1, 0.15) is 6.10 Å². The maximum Gasteiger partial charge on any atom is 0.333 e. The predicted octanol–water partition coefficient (Wildman–Crippen LogP) is 5.35. The minimum Gasteiger partial charge on any atom is -0.461 e. The van der Waals surface area contributed by atoms with Gasteiger partial charge in [0.2, 0.25) is 0 Å². The molecule has 0 fully saturated rings. The van der Waals surface area contributed by atoms with Gasteiger partial charge in [0.25, 0.3) is 0 Å². The molecule has 0 bridgehead atoms. The average Bonchev–Trinajstić information content (AvgIpc) is 2.61. The summed E-state index contributed by atoms with van der Waals surface area (Å²) in [5.41, 5.74) is 1.82. The Morgan fingerprint density at radius 2 is 1.46 bits per heavy atom. The van der Waals surface area contributed by atoms with Gasteiger partial charge in [-0.2, -0.15) is 0 Å². The first kappa shape index (κ1) is 18.1. The lowest BCUT2D eigenvalue weighted by atomic mass is 10.1. The largest absolute Gasteiger partial charge is 0.461 e. The molecule has 0 aliphatic heterocycles. The third kappa shape index (κ3) is 5.41. The van der Waals surface area contributed by atoms with Crippen LogP contribution in [0.15, 0.2) is 60.7 Å².